The number of aryl methyl sites for hydroxylation is 2. The lowest BCUT2D eigenvalue weighted by Crippen LogP contribution is -2.50. The fraction of sp³-hybridized carbons (Fsp3) is 0.450. The van der Waals surface area contributed by atoms with Gasteiger partial charge in [0.25, 0.3) is 5.91 Å². The molecule has 1 saturated heterocycles. The van der Waals surface area contributed by atoms with Crippen LogP contribution in [-0.2, 0) is 16.0 Å². The third-order valence-corrected chi connectivity index (χ3v) is 4.92. The molecular formula is C20H26N4O4. The molecule has 8 nitrogen and oxygen atoms in total. The summed E-state index contributed by atoms with van der Waals surface area (Å²) in [6.07, 6.45) is 2.40. The van der Waals surface area contributed by atoms with Crippen LogP contribution < -0.4 is 10.1 Å². The zero-order valence-electron chi connectivity index (χ0n) is 16.4. The number of rotatable bonds is 6. The van der Waals surface area contributed by atoms with Crippen LogP contribution in [0.4, 0.5) is 5.69 Å². The van der Waals surface area contributed by atoms with Gasteiger partial charge in [-0.25, -0.2) is 0 Å². The van der Waals surface area contributed by atoms with Crippen LogP contribution in [0.2, 0.25) is 0 Å². The minimum atomic E-state index is -0.320. The van der Waals surface area contributed by atoms with Crippen LogP contribution in [0.3, 0.4) is 0 Å². The van der Waals surface area contributed by atoms with Crippen molar-refractivity contribution < 1.29 is 19.1 Å². The van der Waals surface area contributed by atoms with Gasteiger partial charge in [0.05, 0.1) is 38.1 Å². The molecule has 0 radical (unpaired) electrons. The zero-order valence-corrected chi connectivity index (χ0v) is 16.4. The predicted octanol–water partition coefficient (Wildman–Crippen LogP) is 2.16. The van der Waals surface area contributed by atoms with Gasteiger partial charge in [0, 0.05) is 24.3 Å². The quantitative estimate of drug-likeness (QED) is 0.793. The van der Waals surface area contributed by atoms with E-state index < -0.39 is 0 Å². The maximum absolute atomic E-state index is 13.0. The molecule has 0 spiro atoms. The van der Waals surface area contributed by atoms with Crippen molar-refractivity contribution in [3.8, 4) is 5.75 Å². The molecule has 150 valence electrons. The van der Waals surface area contributed by atoms with Gasteiger partial charge in [0.2, 0.25) is 5.91 Å². The molecule has 28 heavy (non-hydrogen) atoms. The molecule has 2 amide bonds. The van der Waals surface area contributed by atoms with Gasteiger partial charge in [-0.3, -0.25) is 14.7 Å². The first-order chi connectivity index (χ1) is 13.5. The zero-order chi connectivity index (χ0) is 20.1. The highest BCUT2D eigenvalue weighted by Gasteiger charge is 2.31. The molecule has 2 aromatic rings. The molecule has 1 aromatic heterocycles. The van der Waals surface area contributed by atoms with E-state index in [2.05, 4.69) is 15.5 Å². The van der Waals surface area contributed by atoms with Crippen molar-refractivity contribution in [3.05, 3.63) is 41.2 Å². The van der Waals surface area contributed by atoms with Gasteiger partial charge >= 0.3 is 0 Å². The molecule has 3 rings (SSSR count). The number of amides is 2. The van der Waals surface area contributed by atoms with Crippen LogP contribution >= 0.6 is 0 Å². The van der Waals surface area contributed by atoms with E-state index in [1.54, 1.807) is 24.3 Å². The first-order valence-corrected chi connectivity index (χ1v) is 9.39. The monoisotopic (exact) mass is 386 g/mol. The Bertz CT molecular complexity index is 848. The van der Waals surface area contributed by atoms with Gasteiger partial charge in [-0.15, -0.1) is 0 Å². The number of carbonyl (C=O) groups is 2. The van der Waals surface area contributed by atoms with E-state index in [1.165, 1.54) is 0 Å². The van der Waals surface area contributed by atoms with E-state index in [-0.39, 0.29) is 24.3 Å². The van der Waals surface area contributed by atoms with E-state index in [9.17, 15) is 9.59 Å². The minimum Gasteiger partial charge on any atom is -0.497 e. The normalized spacial score (nSPS) is 16.7. The van der Waals surface area contributed by atoms with Gasteiger partial charge in [0.15, 0.2) is 0 Å². The number of hydrogen-bond donors (Lipinski definition) is 2. The van der Waals surface area contributed by atoms with Crippen LogP contribution in [-0.4, -0.2) is 59.8 Å². The molecule has 0 bridgehead atoms. The smallest absolute Gasteiger partial charge is 0.257 e. The third kappa shape index (κ3) is 4.33. The number of H-pyrrole nitrogens is 1. The van der Waals surface area contributed by atoms with Crippen molar-refractivity contribution in [2.24, 2.45) is 0 Å². The lowest BCUT2D eigenvalue weighted by molar-refractivity contribution is -0.118. The van der Waals surface area contributed by atoms with Crippen LogP contribution in [0, 0.1) is 6.92 Å². The van der Waals surface area contributed by atoms with Crippen LogP contribution in [0.5, 0.6) is 5.75 Å². The van der Waals surface area contributed by atoms with Crippen molar-refractivity contribution in [3.63, 3.8) is 0 Å². The lowest BCUT2D eigenvalue weighted by atomic mass is 10.1. The molecular weight excluding hydrogens is 360 g/mol. The second-order valence-corrected chi connectivity index (χ2v) is 6.78. The number of anilines is 1. The van der Waals surface area contributed by atoms with Crippen molar-refractivity contribution in [1.82, 2.24) is 15.1 Å². The molecule has 2 heterocycles. The SMILES string of the molecule is CCc1[nH]ncc1C(=O)N1CCOC[C@H]1CC(=O)Nc1ccc(OC)cc1C. The molecule has 1 aromatic carbocycles. The largest absolute Gasteiger partial charge is 0.497 e. The summed E-state index contributed by atoms with van der Waals surface area (Å²) in [5.41, 5.74) is 2.99. The molecule has 0 saturated carbocycles. The average molecular weight is 386 g/mol. The Morgan fingerprint density at radius 1 is 1.43 bits per heavy atom. The van der Waals surface area contributed by atoms with Crippen LogP contribution in [0.1, 0.15) is 35.0 Å². The number of hydrogen-bond acceptors (Lipinski definition) is 5. The summed E-state index contributed by atoms with van der Waals surface area (Å²) in [6, 6.07) is 5.15. The van der Waals surface area contributed by atoms with Crippen molar-refractivity contribution in [1.29, 1.82) is 0 Å². The summed E-state index contributed by atoms with van der Waals surface area (Å²) >= 11 is 0. The Kier molecular flexibility index (Phi) is 6.30. The first-order valence-electron chi connectivity index (χ1n) is 9.39. The van der Waals surface area contributed by atoms with Crippen LogP contribution in [0.25, 0.3) is 0 Å². The van der Waals surface area contributed by atoms with Crippen molar-refractivity contribution in [2.75, 3.05) is 32.2 Å². The van der Waals surface area contributed by atoms with Crippen molar-refractivity contribution in [2.45, 2.75) is 32.7 Å². The number of aromatic amines is 1. The topological polar surface area (TPSA) is 96.5 Å². The van der Waals surface area contributed by atoms with E-state index in [4.69, 9.17) is 9.47 Å². The Morgan fingerprint density at radius 2 is 2.25 bits per heavy atom. The highest BCUT2D eigenvalue weighted by atomic mass is 16.5. The maximum atomic E-state index is 13.0. The van der Waals surface area contributed by atoms with Gasteiger partial charge in [-0.2, -0.15) is 5.10 Å². The fourth-order valence-corrected chi connectivity index (χ4v) is 3.33. The van der Waals surface area contributed by atoms with E-state index in [1.807, 2.05) is 26.0 Å². The summed E-state index contributed by atoms with van der Waals surface area (Å²) in [5, 5.41) is 9.76. The first kappa shape index (κ1) is 19.9. The van der Waals surface area contributed by atoms with Crippen LogP contribution in [0.15, 0.2) is 24.4 Å². The van der Waals surface area contributed by atoms with E-state index >= 15 is 0 Å². The Morgan fingerprint density at radius 3 is 2.96 bits per heavy atom. The second-order valence-electron chi connectivity index (χ2n) is 6.78. The number of carbonyl (C=O) groups excluding carboxylic acids is 2. The highest BCUT2D eigenvalue weighted by Crippen LogP contribution is 2.22. The Hall–Kier alpha value is -2.87. The van der Waals surface area contributed by atoms with Gasteiger partial charge in [-0.05, 0) is 37.1 Å². The summed E-state index contributed by atoms with van der Waals surface area (Å²) in [4.78, 5) is 27.3. The molecule has 8 heteroatoms. The number of nitrogens with zero attached hydrogens (tertiary/aromatic N) is 2. The fourth-order valence-electron chi connectivity index (χ4n) is 3.33. The highest BCUT2D eigenvalue weighted by molar-refractivity contribution is 5.96. The Labute approximate surface area is 164 Å². The number of ether oxygens (including phenoxy) is 2. The van der Waals surface area contributed by atoms with Gasteiger partial charge < -0.3 is 19.7 Å². The average Bonchev–Trinajstić information content (AvgIpc) is 3.18. The third-order valence-electron chi connectivity index (χ3n) is 4.92. The molecule has 2 N–H and O–H groups in total. The summed E-state index contributed by atoms with van der Waals surface area (Å²) in [7, 11) is 1.60. The number of aromatic nitrogens is 2. The summed E-state index contributed by atoms with van der Waals surface area (Å²) in [5.74, 6) is 0.455. The number of methoxy groups -OCH3 is 1. The standard InChI is InChI=1S/C20H26N4O4/c1-4-17-16(11-21-23-17)20(26)24-7-8-28-12-14(24)10-19(25)22-18-6-5-15(27-3)9-13(18)2/h5-6,9,11,14H,4,7-8,10,12H2,1-3H3,(H,21,23)(H,22,25)/t14-/m1/s1. The summed E-state index contributed by atoms with van der Waals surface area (Å²) in [6.45, 7) is 5.11. The minimum absolute atomic E-state index is 0.118. The second kappa shape index (κ2) is 8.88. The summed E-state index contributed by atoms with van der Waals surface area (Å²) < 4.78 is 10.7. The number of benzene rings is 1. The van der Waals surface area contributed by atoms with Gasteiger partial charge in [0.1, 0.15) is 5.75 Å². The maximum Gasteiger partial charge on any atom is 0.257 e. The molecule has 1 aliphatic rings. The predicted molar refractivity (Wildman–Crippen MR) is 105 cm³/mol. The van der Waals surface area contributed by atoms with Crippen molar-refractivity contribution >= 4 is 17.5 Å². The molecule has 0 unspecified atom stereocenters. The number of morpholine rings is 1. The van der Waals surface area contributed by atoms with Gasteiger partial charge in [-0.1, -0.05) is 6.92 Å². The molecule has 0 aliphatic carbocycles. The molecule has 1 atom stereocenters. The lowest BCUT2D eigenvalue weighted by Gasteiger charge is -2.35. The molecule has 1 fully saturated rings. The van der Waals surface area contributed by atoms with E-state index in [0.717, 1.165) is 22.7 Å². The molecule has 1 aliphatic heterocycles. The Balaban J connectivity index is 1.69. The van der Waals surface area contributed by atoms with E-state index in [0.29, 0.717) is 31.7 Å². The number of nitrogens with one attached hydrogen (secondary N) is 2.